The zero-order valence-corrected chi connectivity index (χ0v) is 12.5. The summed E-state index contributed by atoms with van der Waals surface area (Å²) in [5, 5.41) is 0. The molecule has 0 N–H and O–H groups in total. The van der Waals surface area contributed by atoms with Crippen molar-refractivity contribution in [2.24, 2.45) is 5.41 Å². The summed E-state index contributed by atoms with van der Waals surface area (Å²) in [4.78, 5) is 10.8. The summed E-state index contributed by atoms with van der Waals surface area (Å²) in [5.74, 6) is 0.754. The van der Waals surface area contributed by atoms with E-state index in [2.05, 4.69) is 14.9 Å². The summed E-state index contributed by atoms with van der Waals surface area (Å²) in [6.07, 6.45) is 7.89. The second-order valence-electron chi connectivity index (χ2n) is 5.92. The van der Waals surface area contributed by atoms with Gasteiger partial charge in [0.2, 0.25) is 16.0 Å². The van der Waals surface area contributed by atoms with Gasteiger partial charge < -0.3 is 4.90 Å². The smallest absolute Gasteiger partial charge is 0.225 e. The predicted molar refractivity (Wildman–Crippen MR) is 76.9 cm³/mol. The fourth-order valence-corrected chi connectivity index (χ4v) is 4.27. The van der Waals surface area contributed by atoms with Crippen molar-refractivity contribution in [1.29, 1.82) is 0 Å². The average molecular weight is 296 g/mol. The van der Waals surface area contributed by atoms with Crippen molar-refractivity contribution >= 4 is 16.0 Å². The first-order chi connectivity index (χ1) is 9.49. The fraction of sp³-hybridized carbons (Fsp3) is 0.692. The van der Waals surface area contributed by atoms with Gasteiger partial charge in [-0.2, -0.15) is 0 Å². The van der Waals surface area contributed by atoms with Crippen LogP contribution < -0.4 is 4.90 Å². The van der Waals surface area contributed by atoms with Crippen LogP contribution >= 0.6 is 0 Å². The first-order valence-corrected chi connectivity index (χ1v) is 8.81. The van der Waals surface area contributed by atoms with E-state index in [0.29, 0.717) is 13.1 Å². The minimum absolute atomic E-state index is 0.0700. The molecule has 0 radical (unpaired) electrons. The van der Waals surface area contributed by atoms with Gasteiger partial charge in [0.1, 0.15) is 0 Å². The normalized spacial score (nSPS) is 28.1. The Kier molecular flexibility index (Phi) is 3.41. The second-order valence-corrected chi connectivity index (χ2v) is 7.90. The lowest BCUT2D eigenvalue weighted by Gasteiger charge is -2.40. The number of piperidine rings is 1. The molecule has 20 heavy (non-hydrogen) atoms. The van der Waals surface area contributed by atoms with Gasteiger partial charge in [0.25, 0.3) is 0 Å². The Bertz CT molecular complexity index is 577. The highest BCUT2D eigenvalue weighted by Gasteiger charge is 2.44. The molecular weight excluding hydrogens is 276 g/mol. The van der Waals surface area contributed by atoms with Crippen LogP contribution in [0.5, 0.6) is 0 Å². The lowest BCUT2D eigenvalue weighted by molar-refractivity contribution is 0.246. The summed E-state index contributed by atoms with van der Waals surface area (Å²) in [6.45, 7) is 3.07. The molecule has 1 spiro atoms. The summed E-state index contributed by atoms with van der Waals surface area (Å²) in [5.41, 5.74) is 0.0700. The van der Waals surface area contributed by atoms with Crippen molar-refractivity contribution in [1.82, 2.24) is 14.3 Å². The van der Waals surface area contributed by atoms with Gasteiger partial charge >= 0.3 is 0 Å². The summed E-state index contributed by atoms with van der Waals surface area (Å²) in [7, 11) is -3.08. The van der Waals surface area contributed by atoms with Crippen molar-refractivity contribution in [2.75, 3.05) is 37.3 Å². The van der Waals surface area contributed by atoms with E-state index in [1.165, 1.54) is 6.26 Å². The molecule has 1 atom stereocenters. The van der Waals surface area contributed by atoms with Gasteiger partial charge in [-0.1, -0.05) is 0 Å². The average Bonchev–Trinajstić information content (AvgIpc) is 2.84. The third-order valence-corrected chi connectivity index (χ3v) is 5.62. The molecule has 3 rings (SSSR count). The van der Waals surface area contributed by atoms with Crippen LogP contribution in [0.2, 0.25) is 0 Å². The number of nitrogens with zero attached hydrogens (tertiary/aromatic N) is 4. The topological polar surface area (TPSA) is 66.4 Å². The first-order valence-electron chi connectivity index (χ1n) is 6.96. The molecule has 2 saturated heterocycles. The molecule has 2 aliphatic heterocycles. The number of rotatable bonds is 2. The molecule has 0 amide bonds. The van der Waals surface area contributed by atoms with Crippen molar-refractivity contribution in [3.63, 3.8) is 0 Å². The molecule has 110 valence electrons. The highest BCUT2D eigenvalue weighted by molar-refractivity contribution is 7.88. The summed E-state index contributed by atoms with van der Waals surface area (Å²) >= 11 is 0. The van der Waals surface area contributed by atoms with Gasteiger partial charge in [-0.25, -0.2) is 22.7 Å². The van der Waals surface area contributed by atoms with Gasteiger partial charge in [-0.3, -0.25) is 0 Å². The summed E-state index contributed by atoms with van der Waals surface area (Å²) in [6, 6.07) is 1.81. The fourth-order valence-electron chi connectivity index (χ4n) is 3.34. The van der Waals surface area contributed by atoms with E-state index in [1.54, 1.807) is 16.7 Å². The lowest BCUT2D eigenvalue weighted by Crippen LogP contribution is -2.46. The van der Waals surface area contributed by atoms with Crippen LogP contribution in [0.1, 0.15) is 19.3 Å². The van der Waals surface area contributed by atoms with Crippen LogP contribution in [0.4, 0.5) is 5.95 Å². The van der Waals surface area contributed by atoms with Gasteiger partial charge in [0.15, 0.2) is 0 Å². The van der Waals surface area contributed by atoms with Gasteiger partial charge in [-0.15, -0.1) is 0 Å². The highest BCUT2D eigenvalue weighted by atomic mass is 32.2. The van der Waals surface area contributed by atoms with Crippen molar-refractivity contribution in [2.45, 2.75) is 19.3 Å². The highest BCUT2D eigenvalue weighted by Crippen LogP contribution is 2.40. The van der Waals surface area contributed by atoms with E-state index in [-0.39, 0.29) is 5.41 Å². The van der Waals surface area contributed by atoms with E-state index in [0.717, 1.165) is 38.3 Å². The SMILES string of the molecule is CS(=O)(=O)N1CC[C@@]2(CCCN(c3ncccn3)C2)C1. The Morgan fingerprint density at radius 2 is 1.90 bits per heavy atom. The number of hydrogen-bond donors (Lipinski definition) is 0. The molecular formula is C13H20N4O2S. The Morgan fingerprint density at radius 3 is 2.55 bits per heavy atom. The minimum Gasteiger partial charge on any atom is -0.340 e. The van der Waals surface area contributed by atoms with Crippen LogP contribution in [0, 0.1) is 5.41 Å². The Morgan fingerprint density at radius 1 is 1.15 bits per heavy atom. The van der Waals surface area contributed by atoms with E-state index in [1.807, 2.05) is 6.07 Å². The lowest BCUT2D eigenvalue weighted by atomic mass is 9.79. The largest absolute Gasteiger partial charge is 0.340 e. The summed E-state index contributed by atoms with van der Waals surface area (Å²) < 4.78 is 25.0. The van der Waals surface area contributed by atoms with Crippen molar-refractivity contribution in [3.05, 3.63) is 18.5 Å². The first kappa shape index (κ1) is 13.8. The molecule has 3 heterocycles. The van der Waals surface area contributed by atoms with Gasteiger partial charge in [0, 0.05) is 44.0 Å². The zero-order valence-electron chi connectivity index (χ0n) is 11.7. The Balaban J connectivity index is 1.76. The quantitative estimate of drug-likeness (QED) is 0.805. The molecule has 6 nitrogen and oxygen atoms in total. The predicted octanol–water partition coefficient (Wildman–Crippen LogP) is 0.728. The third kappa shape index (κ3) is 2.64. The second kappa shape index (κ2) is 4.96. The standard InChI is InChI=1S/C13H20N4O2S/c1-20(18,19)17-9-5-13(11-17)4-2-8-16(10-13)12-14-6-3-7-15-12/h3,6-7H,2,4-5,8-11H2,1H3/t13-/m1/s1. The Labute approximate surface area is 119 Å². The van der Waals surface area contributed by atoms with Crippen molar-refractivity contribution in [3.8, 4) is 0 Å². The molecule has 1 aromatic rings. The molecule has 1 aromatic heterocycles. The zero-order chi connectivity index (χ0) is 14.2. The Hall–Kier alpha value is -1.21. The molecule has 2 aliphatic rings. The molecule has 0 aromatic carbocycles. The van der Waals surface area contributed by atoms with Crippen LogP contribution in [0.15, 0.2) is 18.5 Å². The maximum atomic E-state index is 11.7. The minimum atomic E-state index is -3.08. The van der Waals surface area contributed by atoms with Gasteiger partial charge in [0.05, 0.1) is 6.26 Å². The van der Waals surface area contributed by atoms with Crippen LogP contribution in [-0.4, -0.2) is 55.1 Å². The molecule has 0 bridgehead atoms. The molecule has 0 aliphatic carbocycles. The van der Waals surface area contributed by atoms with E-state index < -0.39 is 10.0 Å². The third-order valence-electron chi connectivity index (χ3n) is 4.37. The number of anilines is 1. The molecule has 7 heteroatoms. The maximum absolute atomic E-state index is 11.7. The number of aromatic nitrogens is 2. The van der Waals surface area contributed by atoms with Crippen LogP contribution in [-0.2, 0) is 10.0 Å². The van der Waals surface area contributed by atoms with E-state index in [4.69, 9.17) is 0 Å². The van der Waals surface area contributed by atoms with E-state index >= 15 is 0 Å². The number of sulfonamides is 1. The molecule has 0 saturated carbocycles. The maximum Gasteiger partial charge on any atom is 0.225 e. The van der Waals surface area contributed by atoms with E-state index in [9.17, 15) is 8.42 Å². The molecule has 0 unspecified atom stereocenters. The van der Waals surface area contributed by atoms with Crippen LogP contribution in [0.25, 0.3) is 0 Å². The van der Waals surface area contributed by atoms with Gasteiger partial charge in [-0.05, 0) is 25.3 Å². The monoisotopic (exact) mass is 296 g/mol. The number of hydrogen-bond acceptors (Lipinski definition) is 5. The van der Waals surface area contributed by atoms with Crippen LogP contribution in [0.3, 0.4) is 0 Å². The molecule has 2 fully saturated rings. The van der Waals surface area contributed by atoms with Crippen molar-refractivity contribution < 1.29 is 8.42 Å².